The smallest absolute Gasteiger partial charge is 0.311 e. The van der Waals surface area contributed by atoms with Crippen molar-refractivity contribution in [3.63, 3.8) is 0 Å². The van der Waals surface area contributed by atoms with E-state index in [0.717, 1.165) is 25.9 Å². The molecular formula is C14H21NO2S. The lowest BCUT2D eigenvalue weighted by Crippen LogP contribution is -2.39. The fourth-order valence-electron chi connectivity index (χ4n) is 2.72. The number of nitrogens with zero attached hydrogens (tertiary/aromatic N) is 1. The first kappa shape index (κ1) is 13.6. The Hall–Kier alpha value is -0.870. The first-order valence-corrected chi connectivity index (χ1v) is 7.41. The molecule has 3 nitrogen and oxygen atoms in total. The van der Waals surface area contributed by atoms with Crippen molar-refractivity contribution in [2.75, 3.05) is 19.6 Å². The van der Waals surface area contributed by atoms with Crippen molar-refractivity contribution in [3.05, 3.63) is 22.4 Å². The van der Waals surface area contributed by atoms with Gasteiger partial charge in [-0.25, -0.2) is 0 Å². The maximum absolute atomic E-state index is 11.5. The van der Waals surface area contributed by atoms with Crippen molar-refractivity contribution >= 4 is 17.3 Å². The monoisotopic (exact) mass is 267 g/mol. The Balaban J connectivity index is 1.93. The Morgan fingerprint density at radius 3 is 2.89 bits per heavy atom. The summed E-state index contributed by atoms with van der Waals surface area (Å²) >= 11 is 1.78. The molecule has 1 atom stereocenters. The molecule has 1 N–H and O–H groups in total. The minimum absolute atomic E-state index is 0.196. The Morgan fingerprint density at radius 1 is 1.61 bits per heavy atom. The van der Waals surface area contributed by atoms with E-state index in [-0.39, 0.29) is 5.92 Å². The molecule has 1 aliphatic rings. The molecule has 0 amide bonds. The fourth-order valence-corrected chi connectivity index (χ4v) is 3.42. The van der Waals surface area contributed by atoms with Gasteiger partial charge in [0.15, 0.2) is 0 Å². The second-order valence-electron chi connectivity index (χ2n) is 5.47. The highest BCUT2D eigenvalue weighted by Crippen LogP contribution is 2.38. The number of rotatable bonds is 5. The maximum atomic E-state index is 11.5. The summed E-state index contributed by atoms with van der Waals surface area (Å²) in [6, 6.07) is 4.22. The van der Waals surface area contributed by atoms with Crippen LogP contribution in [0.2, 0.25) is 0 Å². The van der Waals surface area contributed by atoms with Gasteiger partial charge in [0.05, 0.1) is 5.41 Å². The zero-order valence-electron chi connectivity index (χ0n) is 11.1. The summed E-state index contributed by atoms with van der Waals surface area (Å²) in [5.41, 5.74) is -0.532. The van der Waals surface area contributed by atoms with E-state index in [1.807, 2.05) is 13.8 Å². The molecule has 0 aliphatic carbocycles. The van der Waals surface area contributed by atoms with E-state index in [1.54, 1.807) is 11.3 Å². The lowest BCUT2D eigenvalue weighted by Gasteiger charge is -2.28. The summed E-state index contributed by atoms with van der Waals surface area (Å²) in [5, 5.41) is 11.6. The van der Waals surface area contributed by atoms with Crippen LogP contribution >= 0.6 is 11.3 Å². The first-order valence-electron chi connectivity index (χ1n) is 6.53. The number of thiophene rings is 1. The molecule has 1 unspecified atom stereocenters. The van der Waals surface area contributed by atoms with Crippen LogP contribution in [0.3, 0.4) is 0 Å². The number of aliphatic carboxylic acids is 1. The molecule has 0 saturated carbocycles. The third-order valence-electron chi connectivity index (χ3n) is 4.17. The molecule has 0 radical (unpaired) electrons. The third kappa shape index (κ3) is 2.59. The molecule has 0 aromatic carbocycles. The molecule has 1 fully saturated rings. The number of hydrogen-bond acceptors (Lipinski definition) is 3. The van der Waals surface area contributed by atoms with Gasteiger partial charge in [0.2, 0.25) is 0 Å². The molecule has 4 heteroatoms. The van der Waals surface area contributed by atoms with E-state index in [9.17, 15) is 9.90 Å². The van der Waals surface area contributed by atoms with Gasteiger partial charge in [-0.05, 0) is 36.8 Å². The van der Waals surface area contributed by atoms with Gasteiger partial charge >= 0.3 is 5.97 Å². The van der Waals surface area contributed by atoms with Crippen LogP contribution in [0.25, 0.3) is 0 Å². The SMILES string of the molecule is CC(C)C1(C(=O)O)CCN(CCc2cccs2)C1. The molecule has 1 aliphatic heterocycles. The summed E-state index contributed by atoms with van der Waals surface area (Å²) < 4.78 is 0. The highest BCUT2D eigenvalue weighted by atomic mass is 32.1. The number of carbonyl (C=O) groups is 1. The standard InChI is InChI=1S/C14H21NO2S/c1-11(2)14(13(16)17)6-8-15(10-14)7-5-12-4-3-9-18-12/h3-4,9,11H,5-8,10H2,1-2H3,(H,16,17). The predicted molar refractivity (Wildman–Crippen MR) is 74.0 cm³/mol. The van der Waals surface area contributed by atoms with Crippen LogP contribution in [0.4, 0.5) is 0 Å². The minimum atomic E-state index is -0.629. The first-order chi connectivity index (χ1) is 8.54. The summed E-state index contributed by atoms with van der Waals surface area (Å²) in [4.78, 5) is 15.2. The van der Waals surface area contributed by atoms with Crippen LogP contribution in [0.1, 0.15) is 25.1 Å². The molecule has 1 aromatic heterocycles. The van der Waals surface area contributed by atoms with Gasteiger partial charge in [0.25, 0.3) is 0 Å². The Kier molecular flexibility index (Phi) is 4.07. The number of carboxylic acid groups (broad SMARTS) is 1. The van der Waals surface area contributed by atoms with Crippen LogP contribution < -0.4 is 0 Å². The van der Waals surface area contributed by atoms with Crippen LogP contribution in [0, 0.1) is 11.3 Å². The van der Waals surface area contributed by atoms with E-state index in [0.29, 0.717) is 6.54 Å². The Bertz CT molecular complexity index is 402. The van der Waals surface area contributed by atoms with Gasteiger partial charge < -0.3 is 10.0 Å². The number of carboxylic acids is 1. The molecule has 0 bridgehead atoms. The van der Waals surface area contributed by atoms with Crippen molar-refractivity contribution in [2.24, 2.45) is 11.3 Å². The van der Waals surface area contributed by atoms with Crippen molar-refractivity contribution in [3.8, 4) is 0 Å². The zero-order valence-corrected chi connectivity index (χ0v) is 11.9. The average molecular weight is 267 g/mol. The van der Waals surface area contributed by atoms with E-state index >= 15 is 0 Å². The largest absolute Gasteiger partial charge is 0.481 e. The van der Waals surface area contributed by atoms with Gasteiger partial charge in [-0.15, -0.1) is 11.3 Å². The number of likely N-dealkylation sites (tertiary alicyclic amines) is 1. The van der Waals surface area contributed by atoms with E-state index < -0.39 is 11.4 Å². The molecule has 2 rings (SSSR count). The molecule has 100 valence electrons. The number of hydrogen-bond donors (Lipinski definition) is 1. The fraction of sp³-hybridized carbons (Fsp3) is 0.643. The minimum Gasteiger partial charge on any atom is -0.481 e. The topological polar surface area (TPSA) is 40.5 Å². The van der Waals surface area contributed by atoms with Crippen LogP contribution in [0.5, 0.6) is 0 Å². The van der Waals surface area contributed by atoms with E-state index in [2.05, 4.69) is 22.4 Å². The lowest BCUT2D eigenvalue weighted by atomic mass is 9.76. The van der Waals surface area contributed by atoms with Crippen molar-refractivity contribution in [1.82, 2.24) is 4.90 Å². The van der Waals surface area contributed by atoms with E-state index in [4.69, 9.17) is 0 Å². The van der Waals surface area contributed by atoms with Crippen LogP contribution in [-0.2, 0) is 11.2 Å². The van der Waals surface area contributed by atoms with Gasteiger partial charge in [-0.3, -0.25) is 4.79 Å². The van der Waals surface area contributed by atoms with E-state index in [1.165, 1.54) is 4.88 Å². The molecule has 18 heavy (non-hydrogen) atoms. The van der Waals surface area contributed by atoms with Gasteiger partial charge in [0, 0.05) is 18.0 Å². The van der Waals surface area contributed by atoms with Crippen molar-refractivity contribution in [1.29, 1.82) is 0 Å². The molecule has 0 spiro atoms. The molecule has 1 aromatic rings. The summed E-state index contributed by atoms with van der Waals surface area (Å²) in [5.74, 6) is -0.433. The van der Waals surface area contributed by atoms with Crippen LogP contribution in [-0.4, -0.2) is 35.6 Å². The Labute approximate surface area is 112 Å². The summed E-state index contributed by atoms with van der Waals surface area (Å²) in [6.45, 7) is 6.64. The third-order valence-corrected chi connectivity index (χ3v) is 5.10. The van der Waals surface area contributed by atoms with Crippen LogP contribution in [0.15, 0.2) is 17.5 Å². The summed E-state index contributed by atoms with van der Waals surface area (Å²) in [7, 11) is 0. The van der Waals surface area contributed by atoms with Crippen molar-refractivity contribution < 1.29 is 9.90 Å². The van der Waals surface area contributed by atoms with Gasteiger partial charge in [-0.1, -0.05) is 19.9 Å². The zero-order chi connectivity index (χ0) is 13.2. The second-order valence-corrected chi connectivity index (χ2v) is 6.50. The lowest BCUT2D eigenvalue weighted by molar-refractivity contribution is -0.151. The molecular weight excluding hydrogens is 246 g/mol. The molecule has 2 heterocycles. The van der Waals surface area contributed by atoms with Crippen molar-refractivity contribution in [2.45, 2.75) is 26.7 Å². The highest BCUT2D eigenvalue weighted by Gasteiger charge is 2.46. The Morgan fingerprint density at radius 2 is 2.39 bits per heavy atom. The van der Waals surface area contributed by atoms with Gasteiger partial charge in [0.1, 0.15) is 0 Å². The predicted octanol–water partition coefficient (Wildman–Crippen LogP) is 2.72. The second kappa shape index (κ2) is 5.41. The maximum Gasteiger partial charge on any atom is 0.311 e. The highest BCUT2D eigenvalue weighted by molar-refractivity contribution is 7.09. The average Bonchev–Trinajstić information content (AvgIpc) is 2.96. The molecule has 1 saturated heterocycles. The normalized spacial score (nSPS) is 24.8. The summed E-state index contributed by atoms with van der Waals surface area (Å²) in [6.07, 6.45) is 1.82. The van der Waals surface area contributed by atoms with Gasteiger partial charge in [-0.2, -0.15) is 0 Å². The quantitative estimate of drug-likeness (QED) is 0.891.